The molecule has 4 nitrogen and oxygen atoms in total. The van der Waals surface area contributed by atoms with Gasteiger partial charge in [0, 0.05) is 37.1 Å². The van der Waals surface area contributed by atoms with Crippen molar-refractivity contribution in [3.05, 3.63) is 0 Å². The van der Waals surface area contributed by atoms with E-state index in [0.29, 0.717) is 18.2 Å². The molecular formula is C8H16N2O2S. The molecule has 1 aliphatic rings. The third-order valence-corrected chi connectivity index (χ3v) is 3.10. The maximum atomic E-state index is 11.2. The first kappa shape index (κ1) is 10.8. The van der Waals surface area contributed by atoms with Crippen molar-refractivity contribution in [1.82, 2.24) is 10.6 Å². The Morgan fingerprint density at radius 3 is 3.15 bits per heavy atom. The van der Waals surface area contributed by atoms with Crippen LogP contribution in [0, 0.1) is 0 Å². The molecule has 13 heavy (non-hydrogen) atoms. The van der Waals surface area contributed by atoms with Crippen molar-refractivity contribution in [2.24, 2.45) is 0 Å². The second kappa shape index (κ2) is 6.23. The standard InChI is InChI=1S/C8H16N2O2S/c11-3-1-10-8(12)5-7-6-9-2-4-13-7/h7,9,11H,1-6H2,(H,10,12). The van der Waals surface area contributed by atoms with Crippen LogP contribution in [0.5, 0.6) is 0 Å². The molecule has 1 atom stereocenters. The Labute approximate surface area is 82.5 Å². The van der Waals surface area contributed by atoms with Gasteiger partial charge in [0.1, 0.15) is 0 Å². The lowest BCUT2D eigenvalue weighted by Gasteiger charge is -2.21. The van der Waals surface area contributed by atoms with Crippen LogP contribution >= 0.6 is 11.8 Å². The van der Waals surface area contributed by atoms with Crippen molar-refractivity contribution in [2.45, 2.75) is 11.7 Å². The van der Waals surface area contributed by atoms with E-state index in [1.165, 1.54) is 0 Å². The van der Waals surface area contributed by atoms with Gasteiger partial charge >= 0.3 is 0 Å². The monoisotopic (exact) mass is 204 g/mol. The SMILES string of the molecule is O=C(CC1CNCCS1)NCCO. The third kappa shape index (κ3) is 4.50. The van der Waals surface area contributed by atoms with Gasteiger partial charge in [-0.25, -0.2) is 0 Å². The summed E-state index contributed by atoms with van der Waals surface area (Å²) >= 11 is 1.84. The highest BCUT2D eigenvalue weighted by molar-refractivity contribution is 8.00. The molecule has 1 rings (SSSR count). The van der Waals surface area contributed by atoms with E-state index in [4.69, 9.17) is 5.11 Å². The van der Waals surface area contributed by atoms with Crippen LogP contribution in [0.4, 0.5) is 0 Å². The molecule has 0 aromatic rings. The summed E-state index contributed by atoms with van der Waals surface area (Å²) in [5.41, 5.74) is 0. The molecule has 5 heteroatoms. The number of aliphatic hydroxyl groups excluding tert-OH is 1. The number of thioether (sulfide) groups is 1. The maximum Gasteiger partial charge on any atom is 0.221 e. The smallest absolute Gasteiger partial charge is 0.221 e. The summed E-state index contributed by atoms with van der Waals surface area (Å²) in [5.74, 6) is 1.12. The molecule has 76 valence electrons. The van der Waals surface area contributed by atoms with Crippen molar-refractivity contribution in [3.63, 3.8) is 0 Å². The molecule has 1 amide bonds. The number of amides is 1. The van der Waals surface area contributed by atoms with E-state index in [9.17, 15) is 4.79 Å². The highest BCUT2D eigenvalue weighted by Gasteiger charge is 2.16. The van der Waals surface area contributed by atoms with Crippen molar-refractivity contribution in [3.8, 4) is 0 Å². The lowest BCUT2D eigenvalue weighted by Crippen LogP contribution is -2.37. The van der Waals surface area contributed by atoms with Crippen LogP contribution in [0.1, 0.15) is 6.42 Å². The number of aliphatic hydroxyl groups is 1. The zero-order chi connectivity index (χ0) is 9.52. The molecule has 1 saturated heterocycles. The van der Waals surface area contributed by atoms with E-state index in [2.05, 4.69) is 10.6 Å². The van der Waals surface area contributed by atoms with Crippen molar-refractivity contribution in [1.29, 1.82) is 0 Å². The highest BCUT2D eigenvalue weighted by atomic mass is 32.2. The fourth-order valence-electron chi connectivity index (χ4n) is 1.23. The Hall–Kier alpha value is -0.260. The molecule has 0 radical (unpaired) electrons. The lowest BCUT2D eigenvalue weighted by atomic mass is 10.3. The quantitative estimate of drug-likeness (QED) is 0.560. The largest absolute Gasteiger partial charge is 0.395 e. The summed E-state index contributed by atoms with van der Waals surface area (Å²) in [4.78, 5) is 11.2. The van der Waals surface area contributed by atoms with Crippen molar-refractivity contribution in [2.75, 3.05) is 32.0 Å². The van der Waals surface area contributed by atoms with Gasteiger partial charge in [0.15, 0.2) is 0 Å². The van der Waals surface area contributed by atoms with Crippen LogP contribution in [0.15, 0.2) is 0 Å². The number of hydrogen-bond donors (Lipinski definition) is 3. The van der Waals surface area contributed by atoms with E-state index >= 15 is 0 Å². The van der Waals surface area contributed by atoms with Crippen LogP contribution in [0.2, 0.25) is 0 Å². The summed E-state index contributed by atoms with van der Waals surface area (Å²) in [6.07, 6.45) is 0.553. The maximum absolute atomic E-state index is 11.2. The average Bonchev–Trinajstić information content (AvgIpc) is 2.16. The number of hydrogen-bond acceptors (Lipinski definition) is 4. The highest BCUT2D eigenvalue weighted by Crippen LogP contribution is 2.16. The van der Waals surface area contributed by atoms with Gasteiger partial charge < -0.3 is 15.7 Å². The first-order valence-corrected chi connectivity index (χ1v) is 5.57. The fraction of sp³-hybridized carbons (Fsp3) is 0.875. The van der Waals surface area contributed by atoms with E-state index < -0.39 is 0 Å². The number of nitrogens with one attached hydrogen (secondary N) is 2. The van der Waals surface area contributed by atoms with Crippen molar-refractivity contribution >= 4 is 17.7 Å². The zero-order valence-electron chi connectivity index (χ0n) is 7.58. The van der Waals surface area contributed by atoms with Gasteiger partial charge in [0.25, 0.3) is 0 Å². The van der Waals surface area contributed by atoms with Crippen LogP contribution in [0.25, 0.3) is 0 Å². The van der Waals surface area contributed by atoms with Crippen LogP contribution in [-0.4, -0.2) is 48.3 Å². The summed E-state index contributed by atoms with van der Waals surface area (Å²) in [6.45, 7) is 2.34. The van der Waals surface area contributed by atoms with Gasteiger partial charge in [-0.1, -0.05) is 0 Å². The average molecular weight is 204 g/mol. The zero-order valence-corrected chi connectivity index (χ0v) is 8.40. The molecule has 0 aliphatic carbocycles. The lowest BCUT2D eigenvalue weighted by molar-refractivity contribution is -0.121. The van der Waals surface area contributed by atoms with Gasteiger partial charge in [-0.05, 0) is 0 Å². The Balaban J connectivity index is 2.11. The summed E-state index contributed by atoms with van der Waals surface area (Å²) in [5, 5.41) is 14.8. The molecule has 0 saturated carbocycles. The normalized spacial score (nSPS) is 22.7. The molecule has 1 heterocycles. The molecule has 0 spiro atoms. The Morgan fingerprint density at radius 2 is 2.54 bits per heavy atom. The minimum absolute atomic E-state index is 0.0157. The van der Waals surface area contributed by atoms with Gasteiger partial charge in [-0.15, -0.1) is 0 Å². The first-order valence-electron chi connectivity index (χ1n) is 4.53. The second-order valence-corrected chi connectivity index (χ2v) is 4.38. The van der Waals surface area contributed by atoms with Crippen LogP contribution in [-0.2, 0) is 4.79 Å². The third-order valence-electron chi connectivity index (χ3n) is 1.85. The predicted octanol–water partition coefficient (Wildman–Crippen LogP) is -0.810. The van der Waals surface area contributed by atoms with Gasteiger partial charge in [-0.2, -0.15) is 11.8 Å². The Bertz CT molecular complexity index is 160. The van der Waals surface area contributed by atoms with E-state index in [1.54, 1.807) is 0 Å². The first-order chi connectivity index (χ1) is 6.33. The van der Waals surface area contributed by atoms with E-state index in [1.807, 2.05) is 11.8 Å². The van der Waals surface area contributed by atoms with E-state index in [0.717, 1.165) is 18.8 Å². The minimum atomic E-state index is 0.0157. The molecule has 1 unspecified atom stereocenters. The van der Waals surface area contributed by atoms with Gasteiger partial charge in [0.05, 0.1) is 6.61 Å². The van der Waals surface area contributed by atoms with Gasteiger partial charge in [-0.3, -0.25) is 4.79 Å². The molecular weight excluding hydrogens is 188 g/mol. The van der Waals surface area contributed by atoms with Crippen LogP contribution < -0.4 is 10.6 Å². The predicted molar refractivity (Wildman–Crippen MR) is 53.8 cm³/mol. The molecule has 3 N–H and O–H groups in total. The van der Waals surface area contributed by atoms with Crippen LogP contribution in [0.3, 0.4) is 0 Å². The molecule has 0 aromatic heterocycles. The Morgan fingerprint density at radius 1 is 1.69 bits per heavy atom. The van der Waals surface area contributed by atoms with Gasteiger partial charge in [0.2, 0.25) is 5.91 Å². The fourth-order valence-corrected chi connectivity index (χ4v) is 2.33. The van der Waals surface area contributed by atoms with Crippen molar-refractivity contribution < 1.29 is 9.90 Å². The molecule has 0 bridgehead atoms. The summed E-state index contributed by atoms with van der Waals surface area (Å²) in [7, 11) is 0. The summed E-state index contributed by atoms with van der Waals surface area (Å²) in [6, 6.07) is 0. The Kier molecular flexibility index (Phi) is 5.19. The number of carbonyl (C=O) groups excluding carboxylic acids is 1. The molecule has 0 aromatic carbocycles. The molecule has 1 fully saturated rings. The molecule has 1 aliphatic heterocycles. The van der Waals surface area contributed by atoms with E-state index in [-0.39, 0.29) is 12.5 Å². The number of carbonyl (C=O) groups is 1. The minimum Gasteiger partial charge on any atom is -0.395 e. The summed E-state index contributed by atoms with van der Waals surface area (Å²) < 4.78 is 0. The second-order valence-electron chi connectivity index (χ2n) is 2.97. The number of rotatable bonds is 4. The topological polar surface area (TPSA) is 61.4 Å².